The number of rotatable bonds is 13. The van der Waals surface area contributed by atoms with Crippen LogP contribution in [0.1, 0.15) is 125 Å². The number of hydrogen-bond donors (Lipinski definition) is 1. The SMILES string of the molecule is CCC(C)(CCC(C)(CCC(C)(C)C(=O)OC1(CC)C2CC3CC(C2)CC1C3)C(=O)OC1C2CC3C(=O)OC1C3C2)C(=O)O. The molecular formula is C36H54O8. The quantitative estimate of drug-likeness (QED) is 0.180. The van der Waals surface area contributed by atoms with Crippen LogP contribution in [0.4, 0.5) is 0 Å². The Kier molecular flexibility index (Phi) is 7.96. The lowest BCUT2D eigenvalue weighted by Gasteiger charge is -2.60. The Balaban J connectivity index is 1.16. The fourth-order valence-electron chi connectivity index (χ4n) is 10.4. The van der Waals surface area contributed by atoms with Crippen molar-refractivity contribution >= 4 is 23.9 Å². The van der Waals surface area contributed by atoms with E-state index in [4.69, 9.17) is 14.2 Å². The van der Waals surface area contributed by atoms with Gasteiger partial charge in [-0.25, -0.2) is 0 Å². The van der Waals surface area contributed by atoms with E-state index >= 15 is 0 Å². The minimum absolute atomic E-state index is 0.0696. The van der Waals surface area contributed by atoms with Crippen molar-refractivity contribution in [1.29, 1.82) is 0 Å². The highest BCUT2D eigenvalue weighted by Gasteiger charge is 2.64. The smallest absolute Gasteiger partial charge is 0.312 e. The van der Waals surface area contributed by atoms with E-state index in [0.717, 1.165) is 50.4 Å². The third-order valence-corrected chi connectivity index (χ3v) is 13.9. The zero-order valence-corrected chi connectivity index (χ0v) is 27.7. The molecule has 44 heavy (non-hydrogen) atoms. The van der Waals surface area contributed by atoms with E-state index in [-0.39, 0.29) is 47.4 Å². The molecular weight excluding hydrogens is 560 g/mol. The van der Waals surface area contributed by atoms with Gasteiger partial charge in [0.05, 0.1) is 22.2 Å². The summed E-state index contributed by atoms with van der Waals surface area (Å²) in [4.78, 5) is 52.5. The topological polar surface area (TPSA) is 116 Å². The molecule has 1 N–H and O–H groups in total. The predicted octanol–water partition coefficient (Wildman–Crippen LogP) is 6.72. The standard InChI is InChI=1S/C36H54O8/c1-7-34(5,30(38)39)11-12-35(6,32(41)43-27-22-18-25-26(19-22)29(37)42-28(25)27)10-9-33(3,4)31(40)44-36(8-2)23-14-20-13-21(16-23)17-24(36)15-20/h20-28H,7-19H2,1-6H3,(H,38,39). The number of carbonyl (C=O) groups excluding carboxylic acids is 3. The van der Waals surface area contributed by atoms with E-state index in [1.165, 1.54) is 6.42 Å². The predicted molar refractivity (Wildman–Crippen MR) is 162 cm³/mol. The van der Waals surface area contributed by atoms with Crippen LogP contribution in [0, 0.1) is 57.7 Å². The number of fused-ring (bicyclic) bond motifs is 1. The number of ether oxygens (including phenoxy) is 3. The van der Waals surface area contributed by atoms with Crippen LogP contribution in [0.25, 0.3) is 0 Å². The molecule has 1 aliphatic heterocycles. The van der Waals surface area contributed by atoms with Gasteiger partial charge in [-0.05, 0) is 135 Å². The summed E-state index contributed by atoms with van der Waals surface area (Å²) in [7, 11) is 0. The molecule has 1 heterocycles. The minimum Gasteiger partial charge on any atom is -0.481 e. The van der Waals surface area contributed by atoms with E-state index in [1.807, 2.05) is 27.7 Å². The molecule has 7 aliphatic rings. The Labute approximate surface area is 262 Å². The fourth-order valence-corrected chi connectivity index (χ4v) is 10.4. The number of hydrogen-bond acceptors (Lipinski definition) is 7. The summed E-state index contributed by atoms with van der Waals surface area (Å²) in [6, 6.07) is 0. The Bertz CT molecular complexity index is 1160. The summed E-state index contributed by atoms with van der Waals surface area (Å²) in [5.41, 5.74) is -3.17. The summed E-state index contributed by atoms with van der Waals surface area (Å²) in [6.07, 6.45) is 9.43. The second kappa shape index (κ2) is 11.0. The molecule has 7 atom stereocenters. The number of carbonyl (C=O) groups is 4. The highest BCUT2D eigenvalue weighted by atomic mass is 16.6. The molecule has 0 aromatic rings. The fraction of sp³-hybridized carbons (Fsp3) is 0.889. The van der Waals surface area contributed by atoms with Gasteiger partial charge in [-0.3, -0.25) is 19.2 Å². The molecule has 0 amide bonds. The monoisotopic (exact) mass is 614 g/mol. The summed E-state index contributed by atoms with van der Waals surface area (Å²) in [5.74, 6) is 0.995. The van der Waals surface area contributed by atoms with Gasteiger partial charge in [0, 0.05) is 11.8 Å². The van der Waals surface area contributed by atoms with Gasteiger partial charge < -0.3 is 19.3 Å². The summed E-state index contributed by atoms with van der Waals surface area (Å²) < 4.78 is 18.5. The third kappa shape index (κ3) is 5.09. The molecule has 246 valence electrons. The molecule has 7 fully saturated rings. The number of carboxylic acid groups (broad SMARTS) is 1. The van der Waals surface area contributed by atoms with Crippen molar-refractivity contribution in [3.63, 3.8) is 0 Å². The molecule has 0 aromatic heterocycles. The lowest BCUT2D eigenvalue weighted by molar-refractivity contribution is -0.218. The first-order valence-electron chi connectivity index (χ1n) is 17.5. The summed E-state index contributed by atoms with van der Waals surface area (Å²) in [5, 5.41) is 9.96. The van der Waals surface area contributed by atoms with Crippen molar-refractivity contribution in [3.05, 3.63) is 0 Å². The minimum atomic E-state index is -1.00. The van der Waals surface area contributed by atoms with Crippen molar-refractivity contribution < 1.29 is 38.5 Å². The van der Waals surface area contributed by atoms with E-state index < -0.39 is 28.3 Å². The third-order valence-electron chi connectivity index (χ3n) is 13.9. The lowest BCUT2D eigenvalue weighted by atomic mass is 9.49. The van der Waals surface area contributed by atoms with Crippen LogP contribution in [-0.2, 0) is 33.4 Å². The summed E-state index contributed by atoms with van der Waals surface area (Å²) >= 11 is 0. The van der Waals surface area contributed by atoms with Gasteiger partial charge in [0.1, 0.15) is 17.8 Å². The van der Waals surface area contributed by atoms with Crippen LogP contribution in [0.3, 0.4) is 0 Å². The molecule has 7 unspecified atom stereocenters. The lowest BCUT2D eigenvalue weighted by Crippen LogP contribution is -2.60. The van der Waals surface area contributed by atoms with Crippen LogP contribution in [0.5, 0.6) is 0 Å². The highest BCUT2D eigenvalue weighted by molar-refractivity contribution is 5.80. The van der Waals surface area contributed by atoms with Crippen LogP contribution < -0.4 is 0 Å². The van der Waals surface area contributed by atoms with Crippen LogP contribution >= 0.6 is 0 Å². The van der Waals surface area contributed by atoms with E-state index in [9.17, 15) is 24.3 Å². The van der Waals surface area contributed by atoms with Gasteiger partial charge in [0.25, 0.3) is 0 Å². The van der Waals surface area contributed by atoms with Crippen molar-refractivity contribution in [2.45, 2.75) is 143 Å². The second-order valence-electron chi connectivity index (χ2n) is 16.9. The van der Waals surface area contributed by atoms with Crippen LogP contribution in [0.15, 0.2) is 0 Å². The van der Waals surface area contributed by atoms with E-state index in [0.29, 0.717) is 50.4 Å². The average Bonchev–Trinajstić information content (AvgIpc) is 3.61. The van der Waals surface area contributed by atoms with Gasteiger partial charge in [0.15, 0.2) is 0 Å². The van der Waals surface area contributed by atoms with Gasteiger partial charge in [-0.1, -0.05) is 13.8 Å². The molecule has 6 bridgehead atoms. The molecule has 8 heteroatoms. The van der Waals surface area contributed by atoms with Crippen LogP contribution in [-0.4, -0.2) is 46.8 Å². The first kappa shape index (κ1) is 31.8. The maximum atomic E-state index is 14.1. The zero-order valence-electron chi connectivity index (χ0n) is 27.7. The molecule has 8 nitrogen and oxygen atoms in total. The highest BCUT2D eigenvalue weighted by Crippen LogP contribution is 2.61. The molecule has 0 spiro atoms. The largest absolute Gasteiger partial charge is 0.481 e. The molecule has 6 aliphatic carbocycles. The Morgan fingerprint density at radius 1 is 0.841 bits per heavy atom. The first-order chi connectivity index (χ1) is 20.6. The molecule has 7 rings (SSSR count). The van der Waals surface area contributed by atoms with E-state index in [2.05, 4.69) is 6.92 Å². The molecule has 0 aromatic carbocycles. The van der Waals surface area contributed by atoms with Crippen molar-refractivity contribution in [1.82, 2.24) is 0 Å². The average molecular weight is 615 g/mol. The molecule has 0 radical (unpaired) electrons. The van der Waals surface area contributed by atoms with Gasteiger partial charge >= 0.3 is 23.9 Å². The van der Waals surface area contributed by atoms with Crippen LogP contribution in [0.2, 0.25) is 0 Å². The maximum absolute atomic E-state index is 14.1. The Hall–Kier alpha value is -2.12. The normalized spacial score (nSPS) is 40.8. The Morgan fingerprint density at radius 2 is 1.43 bits per heavy atom. The van der Waals surface area contributed by atoms with E-state index in [1.54, 1.807) is 6.92 Å². The molecule has 6 saturated carbocycles. The molecule has 1 saturated heterocycles. The number of esters is 3. The van der Waals surface area contributed by atoms with Gasteiger partial charge in [0.2, 0.25) is 0 Å². The first-order valence-corrected chi connectivity index (χ1v) is 17.5. The van der Waals surface area contributed by atoms with Crippen molar-refractivity contribution in [2.24, 2.45) is 57.7 Å². The van der Waals surface area contributed by atoms with Gasteiger partial charge in [-0.2, -0.15) is 0 Å². The Morgan fingerprint density at radius 3 is 2.00 bits per heavy atom. The summed E-state index contributed by atoms with van der Waals surface area (Å²) in [6.45, 7) is 11.4. The van der Waals surface area contributed by atoms with Gasteiger partial charge in [-0.15, -0.1) is 0 Å². The second-order valence-corrected chi connectivity index (χ2v) is 16.9. The maximum Gasteiger partial charge on any atom is 0.312 e. The number of aliphatic carboxylic acids is 1. The van der Waals surface area contributed by atoms with Crippen molar-refractivity contribution in [2.75, 3.05) is 0 Å². The number of carboxylic acids is 1. The van der Waals surface area contributed by atoms with Crippen molar-refractivity contribution in [3.8, 4) is 0 Å². The zero-order chi connectivity index (χ0) is 31.8.